The minimum Gasteiger partial charge on any atom is -0.478 e. The largest absolute Gasteiger partial charge is 0.478 e. The number of carboxylic acids is 1. The molecule has 1 aromatic heterocycles. The van der Waals surface area contributed by atoms with Crippen LogP contribution in [0.25, 0.3) is 11.0 Å². The molecule has 1 N–H and O–H groups in total. The second-order valence-corrected chi connectivity index (χ2v) is 5.45. The van der Waals surface area contributed by atoms with E-state index in [0.717, 1.165) is 4.90 Å². The predicted molar refractivity (Wildman–Crippen MR) is 87.7 cm³/mol. The van der Waals surface area contributed by atoms with E-state index >= 15 is 0 Å². The van der Waals surface area contributed by atoms with Gasteiger partial charge in [-0.1, -0.05) is 0 Å². The molecule has 0 fully saturated rings. The third-order valence-corrected chi connectivity index (χ3v) is 3.55. The first-order chi connectivity index (χ1) is 11.1. The molecule has 0 spiro atoms. The van der Waals surface area contributed by atoms with Gasteiger partial charge in [-0.15, -0.1) is 12.6 Å². The van der Waals surface area contributed by atoms with Crippen molar-refractivity contribution in [3.8, 4) is 11.5 Å². The van der Waals surface area contributed by atoms with Crippen LogP contribution in [0.2, 0.25) is 0 Å². The summed E-state index contributed by atoms with van der Waals surface area (Å²) in [6, 6.07) is 11.8. The quantitative estimate of drug-likeness (QED) is 0.680. The first kappa shape index (κ1) is 15.5. The molecule has 0 saturated carbocycles. The molecule has 3 rings (SSSR count). The second kappa shape index (κ2) is 6.36. The highest BCUT2D eigenvalue weighted by molar-refractivity contribution is 7.80. The Morgan fingerprint density at radius 2 is 1.96 bits per heavy atom. The molecule has 118 valence electrons. The first-order valence-corrected chi connectivity index (χ1v) is 7.27. The molecule has 5 nitrogen and oxygen atoms in total. The fourth-order valence-electron chi connectivity index (χ4n) is 2.22. The molecule has 23 heavy (non-hydrogen) atoms. The summed E-state index contributed by atoms with van der Waals surface area (Å²) in [5.41, 5.74) is 0.536. The number of furan rings is 1. The SMILES string of the molecule is COCc1cc2c(Oc3ccc(S)cc3)cc(C(=O)O)cc2o1. The number of ether oxygens (including phenoxy) is 2. The minimum atomic E-state index is -1.05. The summed E-state index contributed by atoms with van der Waals surface area (Å²) in [6.45, 7) is 0.297. The normalized spacial score (nSPS) is 10.9. The van der Waals surface area contributed by atoms with Crippen molar-refractivity contribution in [2.24, 2.45) is 0 Å². The van der Waals surface area contributed by atoms with Crippen LogP contribution in [0.4, 0.5) is 0 Å². The average Bonchev–Trinajstić information content (AvgIpc) is 2.92. The summed E-state index contributed by atoms with van der Waals surface area (Å²) in [6.07, 6.45) is 0. The lowest BCUT2D eigenvalue weighted by molar-refractivity contribution is 0.0696. The molecule has 0 aliphatic carbocycles. The lowest BCUT2D eigenvalue weighted by Gasteiger charge is -2.08. The summed E-state index contributed by atoms with van der Waals surface area (Å²) in [4.78, 5) is 12.1. The van der Waals surface area contributed by atoms with Crippen molar-refractivity contribution in [3.63, 3.8) is 0 Å². The van der Waals surface area contributed by atoms with Crippen molar-refractivity contribution in [2.75, 3.05) is 7.11 Å². The van der Waals surface area contributed by atoms with Gasteiger partial charge in [0.15, 0.2) is 0 Å². The molecule has 0 bridgehead atoms. The number of methoxy groups -OCH3 is 1. The molecule has 0 aliphatic rings. The Bertz CT molecular complexity index is 851. The van der Waals surface area contributed by atoms with Crippen molar-refractivity contribution < 1.29 is 23.8 Å². The number of hydrogen-bond donors (Lipinski definition) is 2. The second-order valence-electron chi connectivity index (χ2n) is 4.93. The fourth-order valence-corrected chi connectivity index (χ4v) is 2.37. The molecule has 3 aromatic rings. The summed E-state index contributed by atoms with van der Waals surface area (Å²) >= 11 is 4.22. The maximum absolute atomic E-state index is 11.3. The number of thiol groups is 1. The van der Waals surface area contributed by atoms with Crippen molar-refractivity contribution in [2.45, 2.75) is 11.5 Å². The topological polar surface area (TPSA) is 68.9 Å². The Kier molecular flexibility index (Phi) is 4.27. The van der Waals surface area contributed by atoms with Gasteiger partial charge < -0.3 is 19.0 Å². The van der Waals surface area contributed by atoms with Gasteiger partial charge in [0.05, 0.1) is 10.9 Å². The molecule has 0 amide bonds. The Morgan fingerprint density at radius 1 is 1.22 bits per heavy atom. The third-order valence-electron chi connectivity index (χ3n) is 3.25. The van der Waals surface area contributed by atoms with Gasteiger partial charge in [0.25, 0.3) is 0 Å². The van der Waals surface area contributed by atoms with Crippen LogP contribution in [-0.2, 0) is 11.3 Å². The molecular weight excluding hydrogens is 316 g/mol. The van der Waals surface area contributed by atoms with Crippen LogP contribution in [0.3, 0.4) is 0 Å². The van der Waals surface area contributed by atoms with Crippen LogP contribution < -0.4 is 4.74 Å². The molecule has 2 aromatic carbocycles. The van der Waals surface area contributed by atoms with E-state index in [1.54, 1.807) is 37.4 Å². The van der Waals surface area contributed by atoms with Crippen molar-refractivity contribution in [1.29, 1.82) is 0 Å². The first-order valence-electron chi connectivity index (χ1n) is 6.82. The van der Waals surface area contributed by atoms with Crippen molar-refractivity contribution in [3.05, 3.63) is 53.8 Å². The van der Waals surface area contributed by atoms with Gasteiger partial charge in [-0.2, -0.15) is 0 Å². The zero-order chi connectivity index (χ0) is 16.4. The standard InChI is InChI=1S/C17H14O5S/c1-20-9-12-8-14-15(21-11-2-4-13(23)5-3-11)6-10(17(18)19)7-16(14)22-12/h2-8,23H,9H2,1H3,(H,18,19). The number of benzene rings is 2. The molecular formula is C17H14O5S. The maximum atomic E-state index is 11.3. The Hall–Kier alpha value is -2.44. The number of aromatic carboxylic acids is 1. The van der Waals surface area contributed by atoms with E-state index in [9.17, 15) is 9.90 Å². The van der Waals surface area contributed by atoms with Crippen LogP contribution in [-0.4, -0.2) is 18.2 Å². The summed E-state index contributed by atoms with van der Waals surface area (Å²) < 4.78 is 16.5. The number of carbonyl (C=O) groups is 1. The Balaban J connectivity index is 2.08. The van der Waals surface area contributed by atoms with E-state index in [4.69, 9.17) is 13.9 Å². The van der Waals surface area contributed by atoms with E-state index in [1.807, 2.05) is 0 Å². The predicted octanol–water partition coefficient (Wildman–Crippen LogP) is 4.36. The van der Waals surface area contributed by atoms with Crippen LogP contribution in [0.15, 0.2) is 51.8 Å². The zero-order valence-electron chi connectivity index (χ0n) is 12.3. The molecule has 0 atom stereocenters. The lowest BCUT2D eigenvalue weighted by Crippen LogP contribution is -1.96. The van der Waals surface area contributed by atoms with Gasteiger partial charge in [-0.3, -0.25) is 0 Å². The highest BCUT2D eigenvalue weighted by Crippen LogP contribution is 2.34. The van der Waals surface area contributed by atoms with Crippen LogP contribution in [0.5, 0.6) is 11.5 Å². The highest BCUT2D eigenvalue weighted by Gasteiger charge is 2.15. The monoisotopic (exact) mass is 330 g/mol. The molecule has 1 heterocycles. The number of carboxylic acid groups (broad SMARTS) is 1. The van der Waals surface area contributed by atoms with Gasteiger partial charge in [0, 0.05) is 12.0 Å². The Labute approximate surface area is 137 Å². The van der Waals surface area contributed by atoms with Crippen LogP contribution in [0.1, 0.15) is 16.1 Å². The number of fused-ring (bicyclic) bond motifs is 1. The molecule has 0 unspecified atom stereocenters. The van der Waals surface area contributed by atoms with Gasteiger partial charge in [-0.05, 0) is 42.5 Å². The van der Waals surface area contributed by atoms with Crippen LogP contribution >= 0.6 is 12.6 Å². The molecule has 0 aliphatic heterocycles. The highest BCUT2D eigenvalue weighted by atomic mass is 32.1. The van der Waals surface area contributed by atoms with Gasteiger partial charge in [0.2, 0.25) is 0 Å². The van der Waals surface area contributed by atoms with Crippen molar-refractivity contribution in [1.82, 2.24) is 0 Å². The number of rotatable bonds is 5. The lowest BCUT2D eigenvalue weighted by atomic mass is 10.1. The molecule has 0 saturated heterocycles. The van der Waals surface area contributed by atoms with Gasteiger partial charge in [-0.25, -0.2) is 4.79 Å². The Morgan fingerprint density at radius 3 is 2.61 bits per heavy atom. The summed E-state index contributed by atoms with van der Waals surface area (Å²) in [5.74, 6) is 0.548. The summed E-state index contributed by atoms with van der Waals surface area (Å²) in [7, 11) is 1.56. The van der Waals surface area contributed by atoms with E-state index in [2.05, 4.69) is 12.6 Å². The number of hydrogen-bond acceptors (Lipinski definition) is 5. The average molecular weight is 330 g/mol. The molecule has 6 heteroatoms. The van der Waals surface area contributed by atoms with E-state index in [-0.39, 0.29) is 5.56 Å². The van der Waals surface area contributed by atoms with Crippen molar-refractivity contribution >= 4 is 29.6 Å². The van der Waals surface area contributed by atoms with E-state index in [1.165, 1.54) is 12.1 Å². The van der Waals surface area contributed by atoms with Gasteiger partial charge >= 0.3 is 5.97 Å². The van der Waals surface area contributed by atoms with E-state index in [0.29, 0.717) is 34.8 Å². The third kappa shape index (κ3) is 3.33. The summed E-state index contributed by atoms with van der Waals surface area (Å²) in [5, 5.41) is 9.94. The molecule has 0 radical (unpaired) electrons. The fraction of sp³-hybridized carbons (Fsp3) is 0.118. The van der Waals surface area contributed by atoms with Gasteiger partial charge in [0.1, 0.15) is 29.4 Å². The zero-order valence-corrected chi connectivity index (χ0v) is 13.2. The smallest absolute Gasteiger partial charge is 0.335 e. The van der Waals surface area contributed by atoms with Crippen LogP contribution in [0, 0.1) is 0 Å². The van der Waals surface area contributed by atoms with E-state index < -0.39 is 5.97 Å². The minimum absolute atomic E-state index is 0.0941. The maximum Gasteiger partial charge on any atom is 0.335 e.